The van der Waals surface area contributed by atoms with Crippen LogP contribution in [0.1, 0.15) is 29.6 Å². The van der Waals surface area contributed by atoms with Crippen molar-refractivity contribution >= 4 is 11.6 Å². The van der Waals surface area contributed by atoms with E-state index in [4.69, 9.17) is 5.73 Å². The first-order valence-corrected chi connectivity index (χ1v) is 6.82. The summed E-state index contributed by atoms with van der Waals surface area (Å²) in [5.74, 6) is 0.00648. The molecular formula is C15H23N3O. The number of hydrogen-bond acceptors (Lipinski definition) is 3. The number of benzene rings is 1. The Labute approximate surface area is 115 Å². The van der Waals surface area contributed by atoms with Crippen LogP contribution in [0.25, 0.3) is 0 Å². The van der Waals surface area contributed by atoms with Gasteiger partial charge in [0.15, 0.2) is 0 Å². The third-order valence-corrected chi connectivity index (χ3v) is 3.88. The molecule has 1 aromatic carbocycles. The van der Waals surface area contributed by atoms with Crippen LogP contribution in [0.15, 0.2) is 24.3 Å². The Hall–Kier alpha value is -1.55. The summed E-state index contributed by atoms with van der Waals surface area (Å²) >= 11 is 0. The van der Waals surface area contributed by atoms with Crippen LogP contribution in [0.4, 0.5) is 5.69 Å². The summed E-state index contributed by atoms with van der Waals surface area (Å²) in [4.78, 5) is 14.1. The fourth-order valence-corrected chi connectivity index (χ4v) is 2.29. The smallest absolute Gasteiger partial charge is 0.251 e. The highest BCUT2D eigenvalue weighted by Crippen LogP contribution is 2.47. The summed E-state index contributed by atoms with van der Waals surface area (Å²) in [5, 5.41) is 3.04. The standard InChI is InChI=1S/C15H23N3O/c1-18(2)13-5-3-4-12(10-13)14(19)17-11-15(6-7-15)8-9-16/h3-5,10H,6-9,11,16H2,1-2H3,(H,17,19). The maximum absolute atomic E-state index is 12.1. The molecule has 0 bridgehead atoms. The molecule has 0 unspecified atom stereocenters. The second-order valence-electron chi connectivity index (χ2n) is 5.67. The van der Waals surface area contributed by atoms with Gasteiger partial charge in [-0.1, -0.05) is 6.07 Å². The van der Waals surface area contributed by atoms with Crippen molar-refractivity contribution in [1.82, 2.24) is 5.32 Å². The molecule has 3 N–H and O–H groups in total. The zero-order chi connectivity index (χ0) is 13.9. The maximum atomic E-state index is 12.1. The van der Waals surface area contributed by atoms with Gasteiger partial charge in [0.05, 0.1) is 0 Å². The highest BCUT2D eigenvalue weighted by Gasteiger charge is 2.41. The molecule has 0 aliphatic heterocycles. The highest BCUT2D eigenvalue weighted by molar-refractivity contribution is 5.95. The van der Waals surface area contributed by atoms with Gasteiger partial charge in [-0.25, -0.2) is 0 Å². The average Bonchev–Trinajstić information content (AvgIpc) is 3.17. The van der Waals surface area contributed by atoms with Gasteiger partial charge in [-0.3, -0.25) is 4.79 Å². The Bertz CT molecular complexity index is 452. The maximum Gasteiger partial charge on any atom is 0.251 e. The van der Waals surface area contributed by atoms with E-state index in [-0.39, 0.29) is 11.3 Å². The molecule has 0 heterocycles. The number of carbonyl (C=O) groups is 1. The molecule has 1 aliphatic carbocycles. The summed E-state index contributed by atoms with van der Waals surface area (Å²) < 4.78 is 0. The molecule has 0 spiro atoms. The van der Waals surface area contributed by atoms with Gasteiger partial charge >= 0.3 is 0 Å². The third-order valence-electron chi connectivity index (χ3n) is 3.88. The summed E-state index contributed by atoms with van der Waals surface area (Å²) in [7, 11) is 3.94. The molecular weight excluding hydrogens is 238 g/mol. The SMILES string of the molecule is CN(C)c1cccc(C(=O)NCC2(CCN)CC2)c1. The van der Waals surface area contributed by atoms with E-state index < -0.39 is 0 Å². The Morgan fingerprint density at radius 2 is 2.16 bits per heavy atom. The number of nitrogens with zero attached hydrogens (tertiary/aromatic N) is 1. The second-order valence-corrected chi connectivity index (χ2v) is 5.67. The number of hydrogen-bond donors (Lipinski definition) is 2. The van der Waals surface area contributed by atoms with Crippen LogP contribution in [-0.2, 0) is 0 Å². The summed E-state index contributed by atoms with van der Waals surface area (Å²) in [6.07, 6.45) is 3.37. The van der Waals surface area contributed by atoms with Crippen molar-refractivity contribution in [1.29, 1.82) is 0 Å². The molecule has 1 amide bonds. The molecule has 1 aromatic rings. The first kappa shape index (κ1) is 13.9. The van der Waals surface area contributed by atoms with E-state index in [1.54, 1.807) is 0 Å². The number of rotatable bonds is 6. The Morgan fingerprint density at radius 3 is 2.74 bits per heavy atom. The van der Waals surface area contributed by atoms with Gasteiger partial charge in [-0.2, -0.15) is 0 Å². The minimum Gasteiger partial charge on any atom is -0.378 e. The molecule has 0 aromatic heterocycles. The Kier molecular flexibility index (Phi) is 4.10. The van der Waals surface area contributed by atoms with E-state index in [1.807, 2.05) is 43.3 Å². The molecule has 104 valence electrons. The monoisotopic (exact) mass is 261 g/mol. The van der Waals surface area contributed by atoms with E-state index in [9.17, 15) is 4.79 Å². The first-order valence-electron chi connectivity index (χ1n) is 6.82. The molecule has 0 atom stereocenters. The van der Waals surface area contributed by atoms with Gasteiger partial charge in [0.2, 0.25) is 0 Å². The Balaban J connectivity index is 1.95. The fraction of sp³-hybridized carbons (Fsp3) is 0.533. The van der Waals surface area contributed by atoms with Gasteiger partial charge in [0, 0.05) is 31.9 Å². The first-order chi connectivity index (χ1) is 9.06. The van der Waals surface area contributed by atoms with E-state index in [0.29, 0.717) is 6.54 Å². The molecule has 0 radical (unpaired) electrons. The number of amides is 1. The second kappa shape index (κ2) is 5.61. The highest BCUT2D eigenvalue weighted by atomic mass is 16.1. The van der Waals surface area contributed by atoms with Crippen LogP contribution in [0, 0.1) is 5.41 Å². The molecule has 4 nitrogen and oxygen atoms in total. The zero-order valence-corrected chi connectivity index (χ0v) is 11.8. The quantitative estimate of drug-likeness (QED) is 0.818. The minimum atomic E-state index is 0.00648. The van der Waals surface area contributed by atoms with Gasteiger partial charge in [-0.15, -0.1) is 0 Å². The Morgan fingerprint density at radius 1 is 1.42 bits per heavy atom. The average molecular weight is 261 g/mol. The van der Waals surface area contributed by atoms with Crippen LogP contribution in [0.5, 0.6) is 0 Å². The van der Waals surface area contributed by atoms with Crippen LogP contribution < -0.4 is 16.0 Å². The summed E-state index contributed by atoms with van der Waals surface area (Å²) in [6, 6.07) is 7.67. The lowest BCUT2D eigenvalue weighted by Gasteiger charge is -2.16. The van der Waals surface area contributed by atoms with Crippen molar-refractivity contribution in [2.24, 2.45) is 11.1 Å². The van der Waals surface area contributed by atoms with Gasteiger partial charge in [-0.05, 0) is 49.4 Å². The van der Waals surface area contributed by atoms with Crippen LogP contribution >= 0.6 is 0 Å². The number of carbonyl (C=O) groups excluding carboxylic acids is 1. The lowest BCUT2D eigenvalue weighted by molar-refractivity contribution is 0.0944. The molecule has 4 heteroatoms. The topological polar surface area (TPSA) is 58.4 Å². The predicted molar refractivity (Wildman–Crippen MR) is 78.4 cm³/mol. The minimum absolute atomic E-state index is 0.00648. The van der Waals surface area contributed by atoms with Crippen LogP contribution in [-0.4, -0.2) is 33.1 Å². The van der Waals surface area contributed by atoms with E-state index in [1.165, 1.54) is 12.8 Å². The molecule has 2 rings (SSSR count). The fourth-order valence-electron chi connectivity index (χ4n) is 2.29. The largest absolute Gasteiger partial charge is 0.378 e. The number of nitrogens with one attached hydrogen (secondary N) is 1. The van der Waals surface area contributed by atoms with Crippen LogP contribution in [0.2, 0.25) is 0 Å². The third kappa shape index (κ3) is 3.47. The lowest BCUT2D eigenvalue weighted by Crippen LogP contribution is -2.31. The lowest BCUT2D eigenvalue weighted by atomic mass is 10.0. The van der Waals surface area contributed by atoms with Crippen molar-refractivity contribution in [2.75, 3.05) is 32.1 Å². The van der Waals surface area contributed by atoms with Gasteiger partial charge in [0.1, 0.15) is 0 Å². The van der Waals surface area contributed by atoms with Crippen molar-refractivity contribution < 1.29 is 4.79 Å². The predicted octanol–water partition coefficient (Wildman–Crippen LogP) is 1.61. The van der Waals surface area contributed by atoms with Crippen molar-refractivity contribution in [3.05, 3.63) is 29.8 Å². The number of anilines is 1. The molecule has 1 aliphatic rings. The van der Waals surface area contributed by atoms with E-state index in [2.05, 4.69) is 5.32 Å². The zero-order valence-electron chi connectivity index (χ0n) is 11.8. The van der Waals surface area contributed by atoms with Crippen molar-refractivity contribution in [3.8, 4) is 0 Å². The normalized spacial score (nSPS) is 15.9. The van der Waals surface area contributed by atoms with Crippen LogP contribution in [0.3, 0.4) is 0 Å². The molecule has 0 saturated heterocycles. The van der Waals surface area contributed by atoms with Gasteiger partial charge in [0.25, 0.3) is 5.91 Å². The summed E-state index contributed by atoms with van der Waals surface area (Å²) in [5.41, 5.74) is 7.64. The molecule has 1 saturated carbocycles. The van der Waals surface area contributed by atoms with Gasteiger partial charge < -0.3 is 16.0 Å². The molecule has 1 fully saturated rings. The van der Waals surface area contributed by atoms with Crippen molar-refractivity contribution in [3.63, 3.8) is 0 Å². The summed E-state index contributed by atoms with van der Waals surface area (Å²) in [6.45, 7) is 1.45. The van der Waals surface area contributed by atoms with E-state index in [0.717, 1.165) is 24.2 Å². The number of nitrogens with two attached hydrogens (primary N) is 1. The van der Waals surface area contributed by atoms with Crippen molar-refractivity contribution in [2.45, 2.75) is 19.3 Å². The molecule has 19 heavy (non-hydrogen) atoms. The van der Waals surface area contributed by atoms with E-state index >= 15 is 0 Å².